The number of alkyl carbamates (subject to hydrolysis) is 1. The Hall–Kier alpha value is -2.53. The summed E-state index contributed by atoms with van der Waals surface area (Å²) in [4.78, 5) is 24.1. The highest BCUT2D eigenvalue weighted by molar-refractivity contribution is 6.28. The van der Waals surface area contributed by atoms with Crippen LogP contribution >= 0.6 is 11.6 Å². The maximum Gasteiger partial charge on any atom is 0.408 e. The Morgan fingerprint density at radius 1 is 1.00 bits per heavy atom. The number of carbonyl (C=O) groups excluding carboxylic acids is 2. The molecule has 2 rings (SSSR count). The Bertz CT molecular complexity index is 769. The zero-order valence-electron chi connectivity index (χ0n) is 16.4. The first-order chi connectivity index (χ1) is 13.3. The van der Waals surface area contributed by atoms with Crippen molar-refractivity contribution in [3.05, 3.63) is 65.7 Å². The van der Waals surface area contributed by atoms with Crippen molar-refractivity contribution in [2.75, 3.05) is 5.88 Å². The minimum Gasteiger partial charge on any atom is -0.489 e. The smallest absolute Gasteiger partial charge is 0.408 e. The van der Waals surface area contributed by atoms with Gasteiger partial charge in [0.1, 0.15) is 18.0 Å². The molecule has 0 aliphatic carbocycles. The number of ether oxygens (including phenoxy) is 2. The van der Waals surface area contributed by atoms with Crippen LogP contribution in [0.5, 0.6) is 5.75 Å². The number of halogens is 1. The molecule has 0 saturated carbocycles. The molecule has 28 heavy (non-hydrogen) atoms. The summed E-state index contributed by atoms with van der Waals surface area (Å²) in [6.45, 7) is 5.77. The lowest BCUT2D eigenvalue weighted by molar-refractivity contribution is -0.118. The van der Waals surface area contributed by atoms with Crippen LogP contribution in [0, 0.1) is 0 Å². The molecule has 0 bridgehead atoms. The average Bonchev–Trinajstić information content (AvgIpc) is 2.65. The van der Waals surface area contributed by atoms with Gasteiger partial charge in [-0.3, -0.25) is 4.79 Å². The van der Waals surface area contributed by atoms with E-state index in [-0.39, 0.29) is 11.7 Å². The maximum atomic E-state index is 12.1. The van der Waals surface area contributed by atoms with Crippen molar-refractivity contribution in [2.45, 2.75) is 45.4 Å². The second-order valence-corrected chi connectivity index (χ2v) is 7.69. The third kappa shape index (κ3) is 7.61. The van der Waals surface area contributed by atoms with Crippen molar-refractivity contribution in [1.82, 2.24) is 5.32 Å². The quantitative estimate of drug-likeness (QED) is 0.658. The molecule has 6 heteroatoms. The molecular weight excluding hydrogens is 378 g/mol. The summed E-state index contributed by atoms with van der Waals surface area (Å²) < 4.78 is 11.0. The lowest BCUT2D eigenvalue weighted by Gasteiger charge is -2.23. The van der Waals surface area contributed by atoms with E-state index < -0.39 is 17.7 Å². The molecule has 1 N–H and O–H groups in total. The number of rotatable bonds is 8. The second-order valence-electron chi connectivity index (χ2n) is 7.42. The number of ketones is 1. The van der Waals surface area contributed by atoms with Gasteiger partial charge in [-0.25, -0.2) is 4.79 Å². The molecule has 1 unspecified atom stereocenters. The molecule has 0 aliphatic rings. The summed E-state index contributed by atoms with van der Waals surface area (Å²) in [5.41, 5.74) is 1.32. The van der Waals surface area contributed by atoms with Gasteiger partial charge in [0.25, 0.3) is 0 Å². The zero-order chi connectivity index (χ0) is 20.6. The predicted molar refractivity (Wildman–Crippen MR) is 110 cm³/mol. The Labute approximate surface area is 171 Å². The van der Waals surface area contributed by atoms with Gasteiger partial charge in [0, 0.05) is 0 Å². The third-order valence-electron chi connectivity index (χ3n) is 3.82. The van der Waals surface area contributed by atoms with E-state index in [1.807, 2.05) is 54.6 Å². The number of nitrogens with one attached hydrogen (secondary N) is 1. The molecular formula is C22H26ClNO4. The lowest BCUT2D eigenvalue weighted by Crippen LogP contribution is -2.45. The molecule has 0 aliphatic heterocycles. The summed E-state index contributed by atoms with van der Waals surface area (Å²) in [5.74, 6) is 0.281. The van der Waals surface area contributed by atoms with Crippen LogP contribution in [0.15, 0.2) is 54.6 Å². The van der Waals surface area contributed by atoms with Crippen molar-refractivity contribution >= 4 is 23.5 Å². The van der Waals surface area contributed by atoms with Gasteiger partial charge in [-0.2, -0.15) is 0 Å². The number of benzene rings is 2. The van der Waals surface area contributed by atoms with Crippen LogP contribution in [0.4, 0.5) is 4.79 Å². The number of Topliss-reactive ketones (excluding diaryl/α,β-unsaturated/α-hetero) is 1. The largest absolute Gasteiger partial charge is 0.489 e. The van der Waals surface area contributed by atoms with Crippen molar-refractivity contribution in [3.63, 3.8) is 0 Å². The van der Waals surface area contributed by atoms with Gasteiger partial charge in [-0.1, -0.05) is 42.5 Å². The molecule has 0 spiro atoms. The number of carbonyl (C=O) groups is 2. The molecule has 2 aromatic rings. The van der Waals surface area contributed by atoms with Crippen LogP contribution < -0.4 is 10.1 Å². The minimum absolute atomic E-state index is 0.182. The molecule has 0 fully saturated rings. The monoisotopic (exact) mass is 403 g/mol. The van der Waals surface area contributed by atoms with Crippen molar-refractivity contribution < 1.29 is 19.1 Å². The summed E-state index contributed by atoms with van der Waals surface area (Å²) in [5, 5.41) is 2.61. The molecule has 0 aromatic heterocycles. The fraction of sp³-hybridized carbons (Fsp3) is 0.364. The third-order valence-corrected chi connectivity index (χ3v) is 4.09. The molecule has 0 radical (unpaired) electrons. The van der Waals surface area contributed by atoms with Gasteiger partial charge in [-0.15, -0.1) is 11.6 Å². The van der Waals surface area contributed by atoms with Crippen LogP contribution in [-0.4, -0.2) is 29.4 Å². The van der Waals surface area contributed by atoms with Gasteiger partial charge in [-0.05, 0) is 50.5 Å². The molecule has 2 aromatic carbocycles. The first-order valence-electron chi connectivity index (χ1n) is 9.10. The second kappa shape index (κ2) is 10.1. The number of hydrogen-bond acceptors (Lipinski definition) is 4. The van der Waals surface area contributed by atoms with Crippen LogP contribution in [0.25, 0.3) is 0 Å². The fourth-order valence-corrected chi connectivity index (χ4v) is 2.67. The predicted octanol–water partition coefficient (Wildman–Crippen LogP) is 4.51. The zero-order valence-corrected chi connectivity index (χ0v) is 17.2. The van der Waals surface area contributed by atoms with E-state index in [0.29, 0.717) is 13.0 Å². The summed E-state index contributed by atoms with van der Waals surface area (Å²) in [7, 11) is 0. The molecule has 1 atom stereocenters. The topological polar surface area (TPSA) is 64.6 Å². The van der Waals surface area contributed by atoms with Gasteiger partial charge in [0.15, 0.2) is 5.78 Å². The van der Waals surface area contributed by atoms with E-state index in [2.05, 4.69) is 5.32 Å². The number of hydrogen-bond donors (Lipinski definition) is 1. The van der Waals surface area contributed by atoms with E-state index in [0.717, 1.165) is 16.9 Å². The number of alkyl halides is 1. The van der Waals surface area contributed by atoms with Crippen LogP contribution in [0.3, 0.4) is 0 Å². The van der Waals surface area contributed by atoms with Crippen LogP contribution in [-0.2, 0) is 22.6 Å². The van der Waals surface area contributed by atoms with E-state index in [4.69, 9.17) is 21.1 Å². The maximum absolute atomic E-state index is 12.1. The Morgan fingerprint density at radius 2 is 1.64 bits per heavy atom. The standard InChI is InChI=1S/C22H26ClNO4/c1-22(2,3)28-21(26)24-19(20(25)14-23)13-16-9-11-18(12-10-16)27-15-17-7-5-4-6-8-17/h4-12,19H,13-15H2,1-3H3,(H,24,26). The summed E-state index contributed by atoms with van der Waals surface area (Å²) >= 11 is 5.69. The normalized spacial score (nSPS) is 12.1. The van der Waals surface area contributed by atoms with E-state index >= 15 is 0 Å². The van der Waals surface area contributed by atoms with Crippen molar-refractivity contribution in [3.8, 4) is 5.75 Å². The summed E-state index contributed by atoms with van der Waals surface area (Å²) in [6, 6.07) is 16.6. The van der Waals surface area contributed by atoms with Crippen LogP contribution in [0.2, 0.25) is 0 Å². The highest BCUT2D eigenvalue weighted by Gasteiger charge is 2.24. The van der Waals surface area contributed by atoms with Crippen LogP contribution in [0.1, 0.15) is 31.9 Å². The molecule has 0 saturated heterocycles. The Balaban J connectivity index is 1.96. The van der Waals surface area contributed by atoms with Gasteiger partial charge >= 0.3 is 6.09 Å². The number of amides is 1. The SMILES string of the molecule is CC(C)(C)OC(=O)NC(Cc1ccc(OCc2ccccc2)cc1)C(=O)CCl. The Morgan fingerprint density at radius 3 is 2.21 bits per heavy atom. The molecule has 5 nitrogen and oxygen atoms in total. The van der Waals surface area contributed by atoms with Gasteiger partial charge < -0.3 is 14.8 Å². The van der Waals surface area contributed by atoms with E-state index in [9.17, 15) is 9.59 Å². The van der Waals surface area contributed by atoms with Crippen molar-refractivity contribution in [1.29, 1.82) is 0 Å². The van der Waals surface area contributed by atoms with E-state index in [1.54, 1.807) is 20.8 Å². The van der Waals surface area contributed by atoms with E-state index in [1.165, 1.54) is 0 Å². The average molecular weight is 404 g/mol. The first kappa shape index (κ1) is 21.8. The first-order valence-corrected chi connectivity index (χ1v) is 9.64. The molecule has 150 valence electrons. The Kier molecular flexibility index (Phi) is 7.88. The fourth-order valence-electron chi connectivity index (χ4n) is 2.49. The van der Waals surface area contributed by atoms with Gasteiger partial charge in [0.05, 0.1) is 11.9 Å². The highest BCUT2D eigenvalue weighted by Crippen LogP contribution is 2.16. The molecule has 0 heterocycles. The summed E-state index contributed by atoms with van der Waals surface area (Å²) in [6.07, 6.45) is -0.317. The minimum atomic E-state index is -0.747. The lowest BCUT2D eigenvalue weighted by atomic mass is 10.0. The highest BCUT2D eigenvalue weighted by atomic mass is 35.5. The van der Waals surface area contributed by atoms with Gasteiger partial charge in [0.2, 0.25) is 0 Å². The van der Waals surface area contributed by atoms with Crippen molar-refractivity contribution in [2.24, 2.45) is 0 Å². The molecule has 1 amide bonds.